The lowest BCUT2D eigenvalue weighted by Crippen LogP contribution is -2.47. The SMILES string of the molecule is CC(NCC(c1cccs1)c1c[nH]c2ccccc12)C(=O)N1CCCCC1. The molecule has 0 aliphatic carbocycles. The molecule has 3 heterocycles. The lowest BCUT2D eigenvalue weighted by Gasteiger charge is -2.30. The van der Waals surface area contributed by atoms with E-state index < -0.39 is 0 Å². The average molecular weight is 382 g/mol. The molecule has 2 aromatic heterocycles. The summed E-state index contributed by atoms with van der Waals surface area (Å²) in [5.41, 5.74) is 2.45. The van der Waals surface area contributed by atoms with Crippen molar-refractivity contribution in [1.29, 1.82) is 0 Å². The van der Waals surface area contributed by atoms with Crippen LogP contribution in [0.15, 0.2) is 48.0 Å². The molecule has 5 heteroatoms. The zero-order valence-corrected chi connectivity index (χ0v) is 16.6. The molecule has 2 atom stereocenters. The third-order valence-corrected chi connectivity index (χ3v) is 6.54. The summed E-state index contributed by atoms with van der Waals surface area (Å²) in [4.78, 5) is 19.5. The van der Waals surface area contributed by atoms with Crippen LogP contribution in [0.3, 0.4) is 0 Å². The van der Waals surface area contributed by atoms with Crippen LogP contribution in [0.1, 0.15) is 42.5 Å². The molecule has 0 spiro atoms. The van der Waals surface area contributed by atoms with Gasteiger partial charge in [0.1, 0.15) is 0 Å². The number of aromatic amines is 1. The molecule has 0 saturated carbocycles. The van der Waals surface area contributed by atoms with Crippen LogP contribution in [-0.4, -0.2) is 41.5 Å². The quantitative estimate of drug-likeness (QED) is 0.667. The van der Waals surface area contributed by atoms with E-state index in [0.717, 1.165) is 38.0 Å². The van der Waals surface area contributed by atoms with Gasteiger partial charge in [-0.1, -0.05) is 24.3 Å². The molecule has 3 aromatic rings. The van der Waals surface area contributed by atoms with Crippen molar-refractivity contribution in [1.82, 2.24) is 15.2 Å². The van der Waals surface area contributed by atoms with Crippen molar-refractivity contribution in [3.63, 3.8) is 0 Å². The number of nitrogens with zero attached hydrogens (tertiary/aromatic N) is 1. The second-order valence-electron chi connectivity index (χ2n) is 7.37. The van der Waals surface area contributed by atoms with Crippen LogP contribution < -0.4 is 5.32 Å². The molecule has 2 N–H and O–H groups in total. The first-order chi connectivity index (χ1) is 13.2. The molecule has 0 radical (unpaired) electrons. The van der Waals surface area contributed by atoms with Crippen LogP contribution in [0, 0.1) is 0 Å². The minimum Gasteiger partial charge on any atom is -0.361 e. The summed E-state index contributed by atoms with van der Waals surface area (Å²) < 4.78 is 0. The molecular formula is C22H27N3OS. The van der Waals surface area contributed by atoms with Gasteiger partial charge in [0.2, 0.25) is 5.91 Å². The number of carbonyl (C=O) groups excluding carboxylic acids is 1. The van der Waals surface area contributed by atoms with Gasteiger partial charge >= 0.3 is 0 Å². The van der Waals surface area contributed by atoms with Crippen LogP contribution in [0.4, 0.5) is 0 Å². The van der Waals surface area contributed by atoms with Gasteiger partial charge in [0.15, 0.2) is 0 Å². The zero-order chi connectivity index (χ0) is 18.6. The van der Waals surface area contributed by atoms with E-state index in [0.29, 0.717) is 0 Å². The van der Waals surface area contributed by atoms with Crippen LogP contribution in [0.5, 0.6) is 0 Å². The minimum atomic E-state index is -0.157. The smallest absolute Gasteiger partial charge is 0.239 e. The lowest BCUT2D eigenvalue weighted by molar-refractivity contribution is -0.133. The number of nitrogens with one attached hydrogen (secondary N) is 2. The monoisotopic (exact) mass is 381 g/mol. The van der Waals surface area contributed by atoms with Gasteiger partial charge < -0.3 is 15.2 Å². The Labute approximate surface area is 164 Å². The summed E-state index contributed by atoms with van der Waals surface area (Å²) in [5, 5.41) is 6.90. The van der Waals surface area contributed by atoms with E-state index in [1.54, 1.807) is 11.3 Å². The fourth-order valence-corrected chi connectivity index (χ4v) is 4.85. The van der Waals surface area contributed by atoms with Crippen LogP contribution in [0.2, 0.25) is 0 Å². The highest BCUT2D eigenvalue weighted by Crippen LogP contribution is 2.32. The van der Waals surface area contributed by atoms with Gasteiger partial charge in [-0.05, 0) is 49.3 Å². The van der Waals surface area contributed by atoms with Crippen LogP contribution in [0.25, 0.3) is 10.9 Å². The second-order valence-corrected chi connectivity index (χ2v) is 8.35. The number of hydrogen-bond donors (Lipinski definition) is 2. The predicted octanol–water partition coefficient (Wildman–Crippen LogP) is 4.35. The first kappa shape index (κ1) is 18.3. The fourth-order valence-electron chi connectivity index (χ4n) is 4.01. The fraction of sp³-hybridized carbons (Fsp3) is 0.409. The number of likely N-dealkylation sites (tertiary alicyclic amines) is 1. The summed E-state index contributed by atoms with van der Waals surface area (Å²) in [7, 11) is 0. The van der Waals surface area contributed by atoms with Crippen molar-refractivity contribution in [2.75, 3.05) is 19.6 Å². The van der Waals surface area contributed by atoms with Crippen molar-refractivity contribution >= 4 is 28.1 Å². The number of thiophene rings is 1. The maximum Gasteiger partial charge on any atom is 0.239 e. The molecule has 4 nitrogen and oxygen atoms in total. The summed E-state index contributed by atoms with van der Waals surface area (Å²) in [6.45, 7) is 4.56. The second kappa shape index (κ2) is 8.28. The normalized spacial score (nSPS) is 17.1. The van der Waals surface area contributed by atoms with Gasteiger partial charge in [0.05, 0.1) is 6.04 Å². The Hall–Kier alpha value is -2.11. The van der Waals surface area contributed by atoms with Crippen molar-refractivity contribution in [2.24, 2.45) is 0 Å². The molecule has 0 bridgehead atoms. The Morgan fingerprint density at radius 1 is 1.19 bits per heavy atom. The molecule has 4 rings (SSSR count). The van der Waals surface area contributed by atoms with Crippen LogP contribution >= 0.6 is 11.3 Å². The van der Waals surface area contributed by atoms with Crippen molar-refractivity contribution in [3.8, 4) is 0 Å². The van der Waals surface area contributed by atoms with E-state index in [9.17, 15) is 4.79 Å². The molecule has 1 saturated heterocycles. The van der Waals surface area contributed by atoms with Gasteiger partial charge in [-0.15, -0.1) is 11.3 Å². The predicted molar refractivity (Wildman–Crippen MR) is 112 cm³/mol. The highest BCUT2D eigenvalue weighted by atomic mass is 32.1. The van der Waals surface area contributed by atoms with E-state index in [1.165, 1.54) is 22.2 Å². The highest BCUT2D eigenvalue weighted by Gasteiger charge is 2.24. The Bertz CT molecular complexity index is 880. The molecule has 1 aliphatic heterocycles. The van der Waals surface area contributed by atoms with Crippen LogP contribution in [-0.2, 0) is 4.79 Å². The van der Waals surface area contributed by atoms with E-state index in [4.69, 9.17) is 0 Å². The van der Waals surface area contributed by atoms with Gasteiger partial charge in [-0.2, -0.15) is 0 Å². The van der Waals surface area contributed by atoms with Gasteiger partial charge in [-0.3, -0.25) is 4.79 Å². The summed E-state index contributed by atoms with van der Waals surface area (Å²) in [6, 6.07) is 12.6. The molecular weight excluding hydrogens is 354 g/mol. The third-order valence-electron chi connectivity index (χ3n) is 5.55. The van der Waals surface area contributed by atoms with Gasteiger partial charge in [0, 0.05) is 47.5 Å². The maximum absolute atomic E-state index is 12.8. The molecule has 142 valence electrons. The van der Waals surface area contributed by atoms with Crippen molar-refractivity contribution in [2.45, 2.75) is 38.1 Å². The number of hydrogen-bond acceptors (Lipinski definition) is 3. The van der Waals surface area contributed by atoms with E-state index in [-0.39, 0.29) is 17.9 Å². The standard InChI is InChI=1S/C22H27N3OS/c1-16(22(26)25-11-5-2-6-12-25)23-15-19(21-10-7-13-27-21)18-14-24-20-9-4-3-8-17(18)20/h3-4,7-10,13-14,16,19,23-24H,2,5-6,11-12,15H2,1H3. The number of benzene rings is 1. The topological polar surface area (TPSA) is 48.1 Å². The summed E-state index contributed by atoms with van der Waals surface area (Å²) in [5.74, 6) is 0.469. The van der Waals surface area contributed by atoms with E-state index >= 15 is 0 Å². The third kappa shape index (κ3) is 3.94. The number of amides is 1. The van der Waals surface area contributed by atoms with E-state index in [2.05, 4.69) is 58.3 Å². The van der Waals surface area contributed by atoms with Crippen molar-refractivity contribution in [3.05, 3.63) is 58.4 Å². The van der Waals surface area contributed by atoms with Crippen molar-refractivity contribution < 1.29 is 4.79 Å². The molecule has 2 unspecified atom stereocenters. The number of carbonyl (C=O) groups is 1. The van der Waals surface area contributed by atoms with Gasteiger partial charge in [0.25, 0.3) is 0 Å². The Morgan fingerprint density at radius 2 is 2.00 bits per heavy atom. The molecule has 27 heavy (non-hydrogen) atoms. The summed E-state index contributed by atoms with van der Waals surface area (Å²) in [6.07, 6.45) is 5.62. The number of H-pyrrole nitrogens is 1. The Balaban J connectivity index is 1.51. The zero-order valence-electron chi connectivity index (χ0n) is 15.8. The number of piperidine rings is 1. The molecule has 1 aromatic carbocycles. The molecule has 1 amide bonds. The van der Waals surface area contributed by atoms with Gasteiger partial charge in [-0.25, -0.2) is 0 Å². The molecule has 1 fully saturated rings. The first-order valence-electron chi connectivity index (χ1n) is 9.85. The minimum absolute atomic E-state index is 0.157. The summed E-state index contributed by atoms with van der Waals surface area (Å²) >= 11 is 1.78. The molecule has 1 aliphatic rings. The first-order valence-corrected chi connectivity index (χ1v) is 10.7. The largest absolute Gasteiger partial charge is 0.361 e. The highest BCUT2D eigenvalue weighted by molar-refractivity contribution is 7.10. The maximum atomic E-state index is 12.8. The number of rotatable bonds is 6. The average Bonchev–Trinajstić information content (AvgIpc) is 3.39. The Kier molecular flexibility index (Phi) is 5.60. The van der Waals surface area contributed by atoms with E-state index in [1.807, 2.05) is 11.8 Å². The lowest BCUT2D eigenvalue weighted by atomic mass is 9.96. The number of para-hydroxylation sites is 1. The number of aromatic nitrogens is 1. The Morgan fingerprint density at radius 3 is 2.78 bits per heavy atom. The number of fused-ring (bicyclic) bond motifs is 1.